The van der Waals surface area contributed by atoms with E-state index in [0.29, 0.717) is 28.7 Å². The van der Waals surface area contributed by atoms with Crippen molar-refractivity contribution in [3.05, 3.63) is 52.5 Å². The van der Waals surface area contributed by atoms with Crippen molar-refractivity contribution < 1.29 is 18.8 Å². The van der Waals surface area contributed by atoms with E-state index in [0.717, 1.165) is 4.68 Å². The van der Waals surface area contributed by atoms with Gasteiger partial charge in [0.25, 0.3) is 0 Å². The average Bonchev–Trinajstić information content (AvgIpc) is 3.34. The highest BCUT2D eigenvalue weighted by Crippen LogP contribution is 2.33. The third-order valence-corrected chi connectivity index (χ3v) is 3.87. The molecule has 0 unspecified atom stereocenters. The van der Waals surface area contributed by atoms with Crippen molar-refractivity contribution in [2.75, 3.05) is 6.79 Å². The third kappa shape index (κ3) is 2.92. The SMILES string of the molecule is Cc1nn(CC(=O)NCc2ccon2)c(=O)n1-c1ccc2c(c1)OCO2. The molecule has 10 nitrogen and oxygen atoms in total. The van der Waals surface area contributed by atoms with Gasteiger partial charge in [0.05, 0.1) is 12.2 Å². The van der Waals surface area contributed by atoms with E-state index < -0.39 is 5.69 Å². The summed E-state index contributed by atoms with van der Waals surface area (Å²) in [4.78, 5) is 24.7. The van der Waals surface area contributed by atoms with Gasteiger partial charge in [0, 0.05) is 12.1 Å². The van der Waals surface area contributed by atoms with Crippen LogP contribution in [-0.2, 0) is 17.9 Å². The second-order valence-corrected chi connectivity index (χ2v) is 5.63. The van der Waals surface area contributed by atoms with Gasteiger partial charge in [0.15, 0.2) is 11.5 Å². The molecule has 26 heavy (non-hydrogen) atoms. The van der Waals surface area contributed by atoms with Crippen LogP contribution in [0, 0.1) is 6.92 Å². The number of carbonyl (C=O) groups is 1. The van der Waals surface area contributed by atoms with Crippen molar-refractivity contribution in [2.45, 2.75) is 20.0 Å². The molecule has 0 atom stereocenters. The Morgan fingerprint density at radius 2 is 2.12 bits per heavy atom. The maximum atomic E-state index is 12.6. The molecule has 10 heteroatoms. The third-order valence-electron chi connectivity index (χ3n) is 3.87. The normalized spacial score (nSPS) is 12.3. The number of carbonyl (C=O) groups excluding carboxylic acids is 1. The van der Waals surface area contributed by atoms with Crippen LogP contribution in [-0.4, -0.2) is 32.2 Å². The van der Waals surface area contributed by atoms with Gasteiger partial charge in [-0.3, -0.25) is 4.79 Å². The largest absolute Gasteiger partial charge is 0.454 e. The number of ether oxygens (including phenoxy) is 2. The molecule has 2 aromatic heterocycles. The van der Waals surface area contributed by atoms with Gasteiger partial charge in [-0.1, -0.05) is 5.16 Å². The summed E-state index contributed by atoms with van der Waals surface area (Å²) >= 11 is 0. The zero-order chi connectivity index (χ0) is 18.1. The van der Waals surface area contributed by atoms with Crippen LogP contribution in [0.2, 0.25) is 0 Å². The summed E-state index contributed by atoms with van der Waals surface area (Å²) < 4.78 is 17.8. The molecule has 3 heterocycles. The quantitative estimate of drug-likeness (QED) is 0.702. The number of aryl methyl sites for hydroxylation is 1. The molecule has 1 N–H and O–H groups in total. The Hall–Kier alpha value is -3.56. The molecule has 1 aromatic carbocycles. The molecule has 1 aliphatic rings. The second kappa shape index (κ2) is 6.39. The van der Waals surface area contributed by atoms with Crippen molar-refractivity contribution in [1.29, 1.82) is 0 Å². The first kappa shape index (κ1) is 15.9. The van der Waals surface area contributed by atoms with E-state index in [-0.39, 0.29) is 25.8 Å². The van der Waals surface area contributed by atoms with Crippen LogP contribution in [0.3, 0.4) is 0 Å². The highest BCUT2D eigenvalue weighted by Gasteiger charge is 2.18. The molecule has 3 aromatic rings. The Kier molecular flexibility index (Phi) is 3.92. The number of benzene rings is 1. The molecule has 1 aliphatic heterocycles. The Bertz CT molecular complexity index is 1000. The fourth-order valence-electron chi connectivity index (χ4n) is 2.65. The van der Waals surface area contributed by atoms with Gasteiger partial charge in [0.1, 0.15) is 24.3 Å². The van der Waals surface area contributed by atoms with E-state index in [1.54, 1.807) is 31.2 Å². The molecule has 0 bridgehead atoms. The molecule has 0 saturated heterocycles. The van der Waals surface area contributed by atoms with Crippen molar-refractivity contribution in [1.82, 2.24) is 24.8 Å². The fourth-order valence-corrected chi connectivity index (χ4v) is 2.65. The van der Waals surface area contributed by atoms with E-state index in [4.69, 9.17) is 14.0 Å². The summed E-state index contributed by atoms with van der Waals surface area (Å²) in [7, 11) is 0. The Labute approximate surface area is 146 Å². The molecule has 0 spiro atoms. The van der Waals surface area contributed by atoms with Gasteiger partial charge >= 0.3 is 5.69 Å². The predicted molar refractivity (Wildman–Crippen MR) is 87.0 cm³/mol. The summed E-state index contributed by atoms with van der Waals surface area (Å²) in [6, 6.07) is 6.81. The summed E-state index contributed by atoms with van der Waals surface area (Å²) in [5, 5.41) is 10.5. The molecular formula is C16H15N5O5. The van der Waals surface area contributed by atoms with E-state index in [1.165, 1.54) is 10.8 Å². The standard InChI is InChI=1S/C16H15N5O5/c1-10-18-20(8-15(22)17-7-11-4-5-26-19-11)16(23)21(10)12-2-3-13-14(6-12)25-9-24-13/h2-6H,7-9H2,1H3,(H,17,22). The molecule has 0 fully saturated rings. The summed E-state index contributed by atoms with van der Waals surface area (Å²) in [6.45, 7) is 1.86. The summed E-state index contributed by atoms with van der Waals surface area (Å²) in [6.07, 6.45) is 1.42. The van der Waals surface area contributed by atoms with Gasteiger partial charge in [-0.2, -0.15) is 5.10 Å². The van der Waals surface area contributed by atoms with Crippen LogP contribution in [0.4, 0.5) is 0 Å². The average molecular weight is 357 g/mol. The van der Waals surface area contributed by atoms with Crippen LogP contribution in [0.5, 0.6) is 11.5 Å². The number of amides is 1. The van der Waals surface area contributed by atoms with Crippen molar-refractivity contribution in [2.24, 2.45) is 0 Å². The highest BCUT2D eigenvalue weighted by atomic mass is 16.7. The lowest BCUT2D eigenvalue weighted by Gasteiger charge is -2.04. The van der Waals surface area contributed by atoms with Gasteiger partial charge in [0.2, 0.25) is 12.7 Å². The summed E-state index contributed by atoms with van der Waals surface area (Å²) in [5.41, 5.74) is 0.761. The second-order valence-electron chi connectivity index (χ2n) is 5.63. The monoisotopic (exact) mass is 357 g/mol. The smallest absolute Gasteiger partial charge is 0.351 e. The Morgan fingerprint density at radius 3 is 2.92 bits per heavy atom. The van der Waals surface area contributed by atoms with E-state index >= 15 is 0 Å². The highest BCUT2D eigenvalue weighted by molar-refractivity contribution is 5.75. The van der Waals surface area contributed by atoms with E-state index in [9.17, 15) is 9.59 Å². The lowest BCUT2D eigenvalue weighted by Crippen LogP contribution is -2.33. The zero-order valence-electron chi connectivity index (χ0n) is 13.8. The van der Waals surface area contributed by atoms with E-state index in [1.807, 2.05) is 0 Å². The molecule has 0 radical (unpaired) electrons. The summed E-state index contributed by atoms with van der Waals surface area (Å²) in [5.74, 6) is 1.29. The molecule has 0 aliphatic carbocycles. The molecular weight excluding hydrogens is 342 g/mol. The van der Waals surface area contributed by atoms with Crippen LogP contribution in [0.15, 0.2) is 39.8 Å². The number of hydrogen-bond acceptors (Lipinski definition) is 7. The van der Waals surface area contributed by atoms with Gasteiger partial charge in [-0.15, -0.1) is 0 Å². The van der Waals surface area contributed by atoms with E-state index in [2.05, 4.69) is 15.6 Å². The van der Waals surface area contributed by atoms with Crippen LogP contribution >= 0.6 is 0 Å². The predicted octanol–water partition coefficient (Wildman–Crippen LogP) is 0.376. The topological polar surface area (TPSA) is 113 Å². The minimum Gasteiger partial charge on any atom is -0.454 e. The Balaban J connectivity index is 1.53. The molecule has 0 saturated carbocycles. The van der Waals surface area contributed by atoms with Gasteiger partial charge in [-0.05, 0) is 19.1 Å². The number of rotatable bonds is 5. The maximum absolute atomic E-state index is 12.6. The maximum Gasteiger partial charge on any atom is 0.351 e. The number of hydrogen-bond donors (Lipinski definition) is 1. The fraction of sp³-hybridized carbons (Fsp3) is 0.250. The lowest BCUT2D eigenvalue weighted by molar-refractivity contribution is -0.122. The first-order valence-corrected chi connectivity index (χ1v) is 7.84. The van der Waals surface area contributed by atoms with Crippen LogP contribution in [0.25, 0.3) is 5.69 Å². The first-order chi connectivity index (χ1) is 12.6. The van der Waals surface area contributed by atoms with Crippen molar-refractivity contribution in [3.8, 4) is 17.2 Å². The minimum absolute atomic E-state index is 0.150. The first-order valence-electron chi connectivity index (χ1n) is 7.84. The molecule has 1 amide bonds. The van der Waals surface area contributed by atoms with Crippen molar-refractivity contribution in [3.63, 3.8) is 0 Å². The Morgan fingerprint density at radius 1 is 1.27 bits per heavy atom. The van der Waals surface area contributed by atoms with Crippen LogP contribution < -0.4 is 20.5 Å². The molecule has 4 rings (SSSR count). The number of aromatic nitrogens is 4. The zero-order valence-corrected chi connectivity index (χ0v) is 13.8. The minimum atomic E-state index is -0.419. The van der Waals surface area contributed by atoms with Gasteiger partial charge in [-0.25, -0.2) is 14.0 Å². The van der Waals surface area contributed by atoms with Crippen molar-refractivity contribution >= 4 is 5.91 Å². The van der Waals surface area contributed by atoms with Gasteiger partial charge < -0.3 is 19.3 Å². The number of nitrogens with zero attached hydrogens (tertiary/aromatic N) is 4. The number of nitrogens with one attached hydrogen (secondary N) is 1. The molecule has 134 valence electrons. The number of fused-ring (bicyclic) bond motifs is 1. The van der Waals surface area contributed by atoms with Crippen LogP contribution in [0.1, 0.15) is 11.5 Å². The lowest BCUT2D eigenvalue weighted by atomic mass is 10.2.